The van der Waals surface area contributed by atoms with E-state index in [1.54, 1.807) is 0 Å². The van der Waals surface area contributed by atoms with Gasteiger partial charge >= 0.3 is 0 Å². The molecule has 0 unspecified atom stereocenters. The molecule has 1 heterocycles. The van der Waals surface area contributed by atoms with Gasteiger partial charge in [0.15, 0.2) is 0 Å². The van der Waals surface area contributed by atoms with Crippen molar-refractivity contribution in [1.29, 1.82) is 0 Å². The zero-order chi connectivity index (χ0) is 16.4. The van der Waals surface area contributed by atoms with Crippen LogP contribution >= 0.6 is 0 Å². The van der Waals surface area contributed by atoms with Crippen LogP contribution in [0.4, 0.5) is 0 Å². The fourth-order valence-electron chi connectivity index (χ4n) is 3.80. The van der Waals surface area contributed by atoms with Crippen molar-refractivity contribution in [2.45, 2.75) is 79.4 Å². The Morgan fingerprint density at radius 3 is 2.55 bits per heavy atom. The van der Waals surface area contributed by atoms with Crippen LogP contribution in [-0.4, -0.2) is 29.6 Å². The molecule has 3 heteroatoms. The average Bonchev–Trinajstić information content (AvgIpc) is 2.66. The van der Waals surface area contributed by atoms with Crippen molar-refractivity contribution in [2.75, 3.05) is 6.54 Å². The Kier molecular flexibility index (Phi) is 5.70. The molecule has 126 valence electrons. The quantitative estimate of drug-likeness (QED) is 0.834. The lowest BCUT2D eigenvalue weighted by Crippen LogP contribution is -2.53. The fourth-order valence-corrected chi connectivity index (χ4v) is 3.80. The van der Waals surface area contributed by atoms with Gasteiger partial charge in [-0.25, -0.2) is 0 Å². The minimum Gasteiger partial charge on any atom is -0.319 e. The highest BCUT2D eigenvalue weighted by Gasteiger charge is 2.37. The van der Waals surface area contributed by atoms with E-state index in [2.05, 4.69) is 44.8 Å². The van der Waals surface area contributed by atoms with Gasteiger partial charge in [-0.15, -0.1) is 0 Å². The molecule has 2 aliphatic rings. The minimum absolute atomic E-state index is 0.115. The molecule has 1 saturated carbocycles. The highest BCUT2D eigenvalue weighted by molar-refractivity contribution is 5.96. The Morgan fingerprint density at radius 1 is 1.23 bits per heavy atom. The number of carbonyl (C=O) groups is 1. The molecular weight excluding hydrogens is 272 g/mol. The van der Waals surface area contributed by atoms with E-state index < -0.39 is 0 Å². The predicted octanol–water partition coefficient (Wildman–Crippen LogP) is 3.95. The minimum atomic E-state index is 0.115. The number of hydrogen-bond donors (Lipinski definition) is 1. The number of nitrogens with zero attached hydrogens (tertiary/aromatic N) is 1. The topological polar surface area (TPSA) is 32.3 Å². The summed E-state index contributed by atoms with van der Waals surface area (Å²) < 4.78 is 0. The summed E-state index contributed by atoms with van der Waals surface area (Å²) in [5.41, 5.74) is 2.16. The third-order valence-corrected chi connectivity index (χ3v) is 5.92. The Balaban J connectivity index is 2.09. The molecule has 0 aromatic heterocycles. The molecular formula is C19H34N2O. The lowest BCUT2D eigenvalue weighted by atomic mass is 9.78. The van der Waals surface area contributed by atoms with Crippen LogP contribution in [0.1, 0.15) is 67.2 Å². The van der Waals surface area contributed by atoms with Crippen molar-refractivity contribution in [2.24, 2.45) is 17.8 Å². The molecule has 4 atom stereocenters. The molecule has 1 N–H and O–H groups in total. The van der Waals surface area contributed by atoms with E-state index in [9.17, 15) is 4.79 Å². The van der Waals surface area contributed by atoms with Gasteiger partial charge in [0.1, 0.15) is 6.17 Å². The first-order valence-electron chi connectivity index (χ1n) is 9.07. The maximum absolute atomic E-state index is 12.6. The Bertz CT molecular complexity index is 441. The summed E-state index contributed by atoms with van der Waals surface area (Å²) in [6.07, 6.45) is 5.07. The Morgan fingerprint density at radius 2 is 1.91 bits per heavy atom. The molecule has 0 bridgehead atoms. The first-order valence-corrected chi connectivity index (χ1v) is 9.07. The normalized spacial score (nSPS) is 33.2. The monoisotopic (exact) mass is 306 g/mol. The van der Waals surface area contributed by atoms with Crippen LogP contribution in [0, 0.1) is 17.8 Å². The maximum Gasteiger partial charge on any atom is 0.251 e. The van der Waals surface area contributed by atoms with Gasteiger partial charge in [0.2, 0.25) is 0 Å². The third kappa shape index (κ3) is 3.56. The molecule has 1 aliphatic heterocycles. The molecule has 0 spiro atoms. The van der Waals surface area contributed by atoms with Gasteiger partial charge in [0.25, 0.3) is 5.91 Å². The van der Waals surface area contributed by atoms with Gasteiger partial charge in [-0.3, -0.25) is 10.1 Å². The van der Waals surface area contributed by atoms with Crippen molar-refractivity contribution >= 4 is 5.91 Å². The van der Waals surface area contributed by atoms with Crippen LogP contribution in [0.3, 0.4) is 0 Å². The van der Waals surface area contributed by atoms with Crippen LogP contribution in [0.15, 0.2) is 11.1 Å². The lowest BCUT2D eigenvalue weighted by molar-refractivity contribution is -0.127. The number of hydrogen-bond acceptors (Lipinski definition) is 2. The van der Waals surface area contributed by atoms with Crippen molar-refractivity contribution in [1.82, 2.24) is 10.2 Å². The zero-order valence-corrected chi connectivity index (χ0v) is 15.3. The number of amides is 1. The first-order chi connectivity index (χ1) is 10.3. The lowest BCUT2D eigenvalue weighted by Gasteiger charge is -2.39. The highest BCUT2D eigenvalue weighted by atomic mass is 16.2. The van der Waals surface area contributed by atoms with E-state index >= 15 is 0 Å². The predicted molar refractivity (Wildman–Crippen MR) is 92.4 cm³/mol. The van der Waals surface area contributed by atoms with E-state index in [1.165, 1.54) is 24.8 Å². The highest BCUT2D eigenvalue weighted by Crippen LogP contribution is 2.32. The van der Waals surface area contributed by atoms with E-state index in [0.717, 1.165) is 24.5 Å². The second-order valence-electron chi connectivity index (χ2n) is 7.93. The van der Waals surface area contributed by atoms with Gasteiger partial charge in [-0.2, -0.15) is 0 Å². The number of nitrogens with one attached hydrogen (secondary N) is 1. The van der Waals surface area contributed by atoms with Crippen molar-refractivity contribution in [3.05, 3.63) is 11.1 Å². The zero-order valence-electron chi connectivity index (χ0n) is 15.3. The van der Waals surface area contributed by atoms with Crippen molar-refractivity contribution in [3.8, 4) is 0 Å². The summed E-state index contributed by atoms with van der Waals surface area (Å²) in [7, 11) is 0. The molecule has 0 radical (unpaired) electrons. The molecule has 0 aromatic carbocycles. The largest absolute Gasteiger partial charge is 0.319 e. The van der Waals surface area contributed by atoms with E-state index in [1.807, 2.05) is 6.92 Å². The number of rotatable bonds is 5. The first kappa shape index (κ1) is 17.5. The van der Waals surface area contributed by atoms with Crippen LogP contribution in [0.5, 0.6) is 0 Å². The van der Waals surface area contributed by atoms with Crippen LogP contribution in [0.25, 0.3) is 0 Å². The van der Waals surface area contributed by atoms with Gasteiger partial charge in [-0.05, 0) is 50.0 Å². The molecule has 3 nitrogen and oxygen atoms in total. The smallest absolute Gasteiger partial charge is 0.251 e. The fraction of sp³-hybridized carbons (Fsp3) is 0.842. The van der Waals surface area contributed by atoms with Gasteiger partial charge in [-0.1, -0.05) is 40.5 Å². The van der Waals surface area contributed by atoms with Gasteiger partial charge in [0.05, 0.1) is 0 Å². The third-order valence-electron chi connectivity index (χ3n) is 5.92. The molecule has 1 fully saturated rings. The Hall–Kier alpha value is -0.830. The average molecular weight is 306 g/mol. The maximum atomic E-state index is 12.6. The molecule has 1 amide bonds. The van der Waals surface area contributed by atoms with E-state index in [-0.39, 0.29) is 12.1 Å². The van der Waals surface area contributed by atoms with Gasteiger partial charge < -0.3 is 4.90 Å². The molecule has 1 aliphatic carbocycles. The van der Waals surface area contributed by atoms with E-state index in [0.29, 0.717) is 17.9 Å². The second kappa shape index (κ2) is 7.16. The van der Waals surface area contributed by atoms with Crippen molar-refractivity contribution in [3.63, 3.8) is 0 Å². The molecule has 2 rings (SSSR count). The summed E-state index contributed by atoms with van der Waals surface area (Å²) in [6.45, 7) is 14.1. The molecule has 22 heavy (non-hydrogen) atoms. The van der Waals surface area contributed by atoms with Gasteiger partial charge in [0, 0.05) is 18.2 Å². The standard InChI is InChI=1S/C19H34N2O/c1-12(2)10-11-21-18(15(5)16(6)19(21)22)20-17-9-7-8-13(3)14(17)4/h12-14,17-18,20H,7-11H2,1-6H3/t13-,14-,17+,18+/m0/s1. The summed E-state index contributed by atoms with van der Waals surface area (Å²) in [6, 6.07) is 0.531. The number of carbonyl (C=O) groups excluding carboxylic acids is 1. The summed E-state index contributed by atoms with van der Waals surface area (Å²) in [5, 5.41) is 3.83. The van der Waals surface area contributed by atoms with E-state index in [4.69, 9.17) is 0 Å². The Labute approximate surface area is 136 Å². The molecule has 0 aromatic rings. The van der Waals surface area contributed by atoms with Crippen LogP contribution in [-0.2, 0) is 4.79 Å². The van der Waals surface area contributed by atoms with Crippen LogP contribution < -0.4 is 5.32 Å². The summed E-state index contributed by atoms with van der Waals surface area (Å²) >= 11 is 0. The SMILES string of the molecule is CC1=C(C)[C@H](N[C@@H]2CCC[C@H](C)[C@@H]2C)N(CCC(C)C)C1=O. The summed E-state index contributed by atoms with van der Waals surface area (Å²) in [4.78, 5) is 14.6. The van der Waals surface area contributed by atoms with Crippen LogP contribution in [0.2, 0.25) is 0 Å². The summed E-state index contributed by atoms with van der Waals surface area (Å²) in [5.74, 6) is 2.32. The molecule has 0 saturated heterocycles. The second-order valence-corrected chi connectivity index (χ2v) is 7.93. The van der Waals surface area contributed by atoms with Crippen molar-refractivity contribution < 1.29 is 4.79 Å².